The number of piperidine rings is 1. The van der Waals surface area contributed by atoms with E-state index in [9.17, 15) is 22.8 Å². The number of likely N-dealkylation sites (tertiary alicyclic amines) is 1. The molecule has 232 valence electrons. The Hall–Kier alpha value is -4.26. The number of aromatic nitrogens is 3. The zero-order valence-electron chi connectivity index (χ0n) is 24.5. The molecule has 0 aromatic carbocycles. The number of amides is 2. The van der Waals surface area contributed by atoms with Crippen LogP contribution < -0.4 is 14.8 Å². The first-order chi connectivity index (χ1) is 21.1. The van der Waals surface area contributed by atoms with E-state index < -0.39 is 28.8 Å². The highest BCUT2D eigenvalue weighted by Crippen LogP contribution is 2.44. The molecule has 1 N–H and O–H groups in total. The molecule has 2 saturated heterocycles. The molecule has 6 rings (SSSR count). The quantitative estimate of drug-likeness (QED) is 0.447. The highest BCUT2D eigenvalue weighted by atomic mass is 19.4. The molecule has 10 nitrogen and oxygen atoms in total. The van der Waals surface area contributed by atoms with E-state index in [0.29, 0.717) is 55.4 Å². The normalized spacial score (nSPS) is 19.7. The second kappa shape index (κ2) is 11.7. The van der Waals surface area contributed by atoms with E-state index in [1.807, 2.05) is 30.0 Å². The van der Waals surface area contributed by atoms with Crippen molar-refractivity contribution in [2.24, 2.45) is 0 Å². The molecule has 0 radical (unpaired) electrons. The lowest BCUT2D eigenvalue weighted by atomic mass is 9.69. The summed E-state index contributed by atoms with van der Waals surface area (Å²) in [7, 11) is 1.22. The molecular weight excluding hydrogens is 577 g/mol. The number of methoxy groups -OCH3 is 1. The second-order valence-electron chi connectivity index (χ2n) is 11.3. The maximum atomic E-state index is 14.0. The van der Waals surface area contributed by atoms with Crippen molar-refractivity contribution in [1.29, 1.82) is 0 Å². The van der Waals surface area contributed by atoms with Crippen LogP contribution in [0.5, 0.6) is 11.8 Å². The van der Waals surface area contributed by atoms with Gasteiger partial charge in [0.1, 0.15) is 5.69 Å². The molecule has 1 unspecified atom stereocenters. The van der Waals surface area contributed by atoms with Crippen LogP contribution in [-0.2, 0) is 11.6 Å². The van der Waals surface area contributed by atoms with E-state index in [1.165, 1.54) is 18.1 Å². The Morgan fingerprint density at radius 3 is 2.61 bits per heavy atom. The summed E-state index contributed by atoms with van der Waals surface area (Å²) in [6, 6.07) is 9.79. The van der Waals surface area contributed by atoms with Crippen LogP contribution >= 0.6 is 0 Å². The topological polar surface area (TPSA) is 110 Å². The van der Waals surface area contributed by atoms with Crippen LogP contribution in [0.15, 0.2) is 42.6 Å². The van der Waals surface area contributed by atoms with Crippen LogP contribution in [0.25, 0.3) is 11.3 Å². The fourth-order valence-electron chi connectivity index (χ4n) is 6.54. The first-order valence-corrected chi connectivity index (χ1v) is 14.7. The van der Waals surface area contributed by atoms with E-state index in [-0.39, 0.29) is 30.9 Å². The van der Waals surface area contributed by atoms with Gasteiger partial charge in [-0.15, -0.1) is 0 Å². The molecule has 0 saturated carbocycles. The average molecular weight is 611 g/mol. The predicted octanol–water partition coefficient (Wildman–Crippen LogP) is 3.96. The lowest BCUT2D eigenvalue weighted by Crippen LogP contribution is -2.58. The number of hydrogen-bond donors (Lipinski definition) is 1. The molecule has 3 aliphatic heterocycles. The zero-order valence-corrected chi connectivity index (χ0v) is 24.5. The first-order valence-electron chi connectivity index (χ1n) is 14.7. The van der Waals surface area contributed by atoms with Gasteiger partial charge in [0, 0.05) is 49.9 Å². The third-order valence-electron chi connectivity index (χ3n) is 8.79. The van der Waals surface area contributed by atoms with Gasteiger partial charge >= 0.3 is 6.18 Å². The third-order valence-corrected chi connectivity index (χ3v) is 8.79. The van der Waals surface area contributed by atoms with Crippen molar-refractivity contribution in [1.82, 2.24) is 30.1 Å². The van der Waals surface area contributed by atoms with Crippen molar-refractivity contribution in [2.75, 3.05) is 46.4 Å². The summed E-state index contributed by atoms with van der Waals surface area (Å²) in [4.78, 5) is 43.5. The largest absolute Gasteiger partial charge is 0.481 e. The molecule has 3 aromatic rings. The molecular formula is C31H33F3N6O4. The van der Waals surface area contributed by atoms with Gasteiger partial charge in [-0.3, -0.25) is 9.59 Å². The molecule has 3 aliphatic rings. The number of fused-ring (bicyclic) bond motifs is 2. The number of halogens is 3. The minimum absolute atomic E-state index is 0.00487. The van der Waals surface area contributed by atoms with Gasteiger partial charge in [-0.2, -0.15) is 13.2 Å². The molecule has 0 aliphatic carbocycles. The van der Waals surface area contributed by atoms with Gasteiger partial charge in [-0.05, 0) is 62.6 Å². The number of carbonyl (C=O) groups excluding carboxylic acids is 2. The molecule has 3 aromatic heterocycles. The Bertz CT molecular complexity index is 1570. The monoisotopic (exact) mass is 610 g/mol. The highest BCUT2D eigenvalue weighted by molar-refractivity contribution is 5.97. The molecule has 2 fully saturated rings. The van der Waals surface area contributed by atoms with Gasteiger partial charge in [-0.25, -0.2) is 15.0 Å². The Kier molecular flexibility index (Phi) is 7.91. The third kappa shape index (κ3) is 5.33. The van der Waals surface area contributed by atoms with Crippen LogP contribution in [0.1, 0.15) is 58.3 Å². The fourth-order valence-corrected chi connectivity index (χ4v) is 6.54. The van der Waals surface area contributed by atoms with E-state index in [0.717, 1.165) is 24.6 Å². The van der Waals surface area contributed by atoms with Crippen molar-refractivity contribution >= 4 is 11.8 Å². The number of alkyl halides is 3. The number of rotatable bonds is 6. The number of nitrogens with one attached hydrogen (secondary N) is 1. The van der Waals surface area contributed by atoms with Crippen LogP contribution in [0.2, 0.25) is 0 Å². The van der Waals surface area contributed by atoms with E-state index in [4.69, 9.17) is 14.5 Å². The number of hydrogen-bond acceptors (Lipinski definition) is 8. The summed E-state index contributed by atoms with van der Waals surface area (Å²) in [5.74, 6) is -0.682. The van der Waals surface area contributed by atoms with E-state index >= 15 is 0 Å². The maximum Gasteiger partial charge on any atom is 0.434 e. The summed E-state index contributed by atoms with van der Waals surface area (Å²) >= 11 is 0. The SMILES string of the molecule is CCOc1ncccc1-c1ccc2c(n1)C(=O)N(C1CCNC1)CC21CCN(C(=O)c2ccc(OC)nc2C(F)(F)F)CC1. The molecule has 0 bridgehead atoms. The van der Waals surface area contributed by atoms with Crippen molar-refractivity contribution < 1.29 is 32.2 Å². The summed E-state index contributed by atoms with van der Waals surface area (Å²) < 4.78 is 52.1. The lowest BCUT2D eigenvalue weighted by Gasteiger charge is -2.49. The smallest absolute Gasteiger partial charge is 0.434 e. The fraction of sp³-hybridized carbons (Fsp3) is 0.452. The Balaban J connectivity index is 1.33. The Morgan fingerprint density at radius 1 is 1.14 bits per heavy atom. The van der Waals surface area contributed by atoms with Gasteiger partial charge in [0.05, 0.1) is 30.5 Å². The standard InChI is InChI=1S/C31H33F3N6O4/c1-3-44-27-20(5-4-13-36-27)23-8-7-22-25(37-23)29(42)40(19-10-14-35-17-19)18-30(22)11-15-39(16-12-30)28(41)21-6-9-24(43-2)38-26(21)31(32,33)34/h4-9,13,19,35H,3,10-12,14-18H2,1-2H3. The highest BCUT2D eigenvalue weighted by Gasteiger charge is 2.49. The number of carbonyl (C=O) groups is 2. The summed E-state index contributed by atoms with van der Waals surface area (Å²) in [5.41, 5.74) is 0.0860. The predicted molar refractivity (Wildman–Crippen MR) is 154 cm³/mol. The molecule has 1 spiro atoms. The molecule has 44 heavy (non-hydrogen) atoms. The molecule has 2 amide bonds. The van der Waals surface area contributed by atoms with E-state index in [2.05, 4.69) is 15.3 Å². The van der Waals surface area contributed by atoms with Gasteiger partial charge in [-0.1, -0.05) is 6.07 Å². The average Bonchev–Trinajstić information content (AvgIpc) is 3.57. The van der Waals surface area contributed by atoms with Crippen LogP contribution in [0.3, 0.4) is 0 Å². The lowest BCUT2D eigenvalue weighted by molar-refractivity contribution is -0.141. The van der Waals surface area contributed by atoms with Crippen molar-refractivity contribution in [3.05, 3.63) is 65.1 Å². The summed E-state index contributed by atoms with van der Waals surface area (Å²) in [6.07, 6.45) is -1.47. The number of nitrogens with zero attached hydrogens (tertiary/aromatic N) is 5. The summed E-state index contributed by atoms with van der Waals surface area (Å²) in [5, 5.41) is 3.33. The van der Waals surface area contributed by atoms with Gasteiger partial charge in [0.25, 0.3) is 11.8 Å². The molecule has 1 atom stereocenters. The summed E-state index contributed by atoms with van der Waals surface area (Å²) in [6.45, 7) is 4.63. The van der Waals surface area contributed by atoms with Gasteiger partial charge in [0.15, 0.2) is 5.69 Å². The zero-order chi connectivity index (χ0) is 31.1. The van der Waals surface area contributed by atoms with Crippen molar-refractivity contribution in [3.63, 3.8) is 0 Å². The van der Waals surface area contributed by atoms with Gasteiger partial charge < -0.3 is 24.6 Å². The molecule has 13 heteroatoms. The van der Waals surface area contributed by atoms with E-state index in [1.54, 1.807) is 12.3 Å². The Morgan fingerprint density at radius 2 is 1.93 bits per heavy atom. The number of ether oxygens (including phenoxy) is 2. The minimum atomic E-state index is -4.82. The van der Waals surface area contributed by atoms with Gasteiger partial charge in [0.2, 0.25) is 11.8 Å². The maximum absolute atomic E-state index is 14.0. The minimum Gasteiger partial charge on any atom is -0.481 e. The number of pyridine rings is 3. The second-order valence-corrected chi connectivity index (χ2v) is 11.3. The van der Waals surface area contributed by atoms with Crippen molar-refractivity contribution in [2.45, 2.75) is 43.8 Å². The van der Waals surface area contributed by atoms with Crippen LogP contribution in [-0.4, -0.2) is 89.0 Å². The van der Waals surface area contributed by atoms with Crippen molar-refractivity contribution in [3.8, 4) is 23.0 Å². The first kappa shape index (κ1) is 29.8. The Labute approximate surface area is 252 Å². The molecule has 6 heterocycles. The van der Waals surface area contributed by atoms with Crippen LogP contribution in [0.4, 0.5) is 13.2 Å². The van der Waals surface area contributed by atoms with Crippen LogP contribution in [0, 0.1) is 0 Å².